The van der Waals surface area contributed by atoms with Crippen molar-refractivity contribution in [3.05, 3.63) is 41.6 Å². The Balaban J connectivity index is 2.27. The fourth-order valence-electron chi connectivity index (χ4n) is 3.77. The molecule has 26 heavy (non-hydrogen) atoms. The maximum atomic E-state index is 12.4. The molecule has 1 aliphatic heterocycles. The van der Waals surface area contributed by atoms with Crippen molar-refractivity contribution in [2.45, 2.75) is 45.1 Å². The van der Waals surface area contributed by atoms with Gasteiger partial charge in [0.25, 0.3) is 0 Å². The van der Waals surface area contributed by atoms with Crippen LogP contribution in [0, 0.1) is 11.3 Å². The Labute approximate surface area is 159 Å². The molecule has 1 aromatic rings. The van der Waals surface area contributed by atoms with Crippen LogP contribution in [0.5, 0.6) is 0 Å². The molecule has 142 valence electrons. The average Bonchev–Trinajstić information content (AvgIpc) is 2.58. The monoisotopic (exact) mass is 376 g/mol. The van der Waals surface area contributed by atoms with Crippen LogP contribution in [0.3, 0.4) is 0 Å². The first-order valence-electron chi connectivity index (χ1n) is 8.88. The van der Waals surface area contributed by atoms with E-state index in [9.17, 15) is 14.7 Å². The summed E-state index contributed by atoms with van der Waals surface area (Å²) in [7, 11) is 0. The fraction of sp³-hybridized carbons (Fsp3) is 0.500. The van der Waals surface area contributed by atoms with Gasteiger partial charge < -0.3 is 20.0 Å². The molecule has 0 spiro atoms. The molecule has 1 aliphatic rings. The number of carboxylic acid groups (broad SMARTS) is 1. The van der Waals surface area contributed by atoms with Crippen LogP contribution in [0.4, 0.5) is 0 Å². The number of carbonyl (C=O) groups is 2. The molecular formula is C20H26NO4S-. The molecule has 0 aliphatic carbocycles. The molecule has 0 radical (unpaired) electrons. The third-order valence-corrected chi connectivity index (χ3v) is 6.23. The Morgan fingerprint density at radius 2 is 1.92 bits per heavy atom. The van der Waals surface area contributed by atoms with E-state index in [4.69, 9.17) is 4.74 Å². The lowest BCUT2D eigenvalue weighted by Crippen LogP contribution is -2.61. The van der Waals surface area contributed by atoms with Gasteiger partial charge in [0, 0.05) is 28.0 Å². The van der Waals surface area contributed by atoms with Gasteiger partial charge in [-0.1, -0.05) is 25.1 Å². The molecule has 5 nitrogen and oxygen atoms in total. The number of benzene rings is 1. The van der Waals surface area contributed by atoms with Gasteiger partial charge in [0.2, 0.25) is 0 Å². The highest BCUT2D eigenvalue weighted by Crippen LogP contribution is 2.45. The van der Waals surface area contributed by atoms with Gasteiger partial charge in [-0.15, -0.1) is 11.8 Å². The highest BCUT2D eigenvalue weighted by molar-refractivity contribution is 7.99. The molecule has 1 aromatic carbocycles. The number of carbonyl (C=O) groups excluding carboxylic acids is 2. The number of hydrogen-bond donors (Lipinski definition) is 1. The van der Waals surface area contributed by atoms with E-state index in [1.165, 1.54) is 0 Å². The number of nitrogens with one attached hydrogen (secondary N) is 1. The van der Waals surface area contributed by atoms with E-state index < -0.39 is 23.3 Å². The van der Waals surface area contributed by atoms with E-state index in [-0.39, 0.29) is 12.6 Å². The van der Waals surface area contributed by atoms with E-state index in [0.717, 1.165) is 4.90 Å². The van der Waals surface area contributed by atoms with E-state index >= 15 is 0 Å². The van der Waals surface area contributed by atoms with Crippen molar-refractivity contribution in [2.75, 3.05) is 12.4 Å². The summed E-state index contributed by atoms with van der Waals surface area (Å²) >= 11 is 1.60. The minimum absolute atomic E-state index is 0.250. The summed E-state index contributed by atoms with van der Waals surface area (Å²) in [5.74, 6) is -1.48. The number of thioether (sulfide) groups is 1. The molecule has 0 amide bonds. The Kier molecular flexibility index (Phi) is 6.75. The standard InChI is InChI=1S/C20H27NO4S/c1-5-25-18(22)17-13(2)20(19(23)24,15(4)21-14(17)3)11-12-26-16-9-7-6-8-10-16/h6-10,13,15,21H,5,11-12H2,1-4H3,(H,23,24)/p-1. The Morgan fingerprint density at radius 1 is 1.27 bits per heavy atom. The van der Waals surface area contributed by atoms with Crippen molar-refractivity contribution in [1.82, 2.24) is 5.32 Å². The van der Waals surface area contributed by atoms with Crippen molar-refractivity contribution < 1.29 is 19.4 Å². The second-order valence-electron chi connectivity index (χ2n) is 6.59. The number of hydrogen-bond acceptors (Lipinski definition) is 6. The minimum atomic E-state index is -1.18. The van der Waals surface area contributed by atoms with Gasteiger partial charge in [-0.2, -0.15) is 0 Å². The molecule has 1 N–H and O–H groups in total. The molecular weight excluding hydrogens is 350 g/mol. The van der Waals surface area contributed by atoms with E-state index in [1.54, 1.807) is 32.5 Å². The molecule has 0 fully saturated rings. The Bertz CT molecular complexity index is 688. The molecule has 3 unspecified atom stereocenters. The van der Waals surface area contributed by atoms with E-state index in [1.807, 2.05) is 37.3 Å². The van der Waals surface area contributed by atoms with Crippen LogP contribution in [0.1, 0.15) is 34.1 Å². The second kappa shape index (κ2) is 8.62. The number of ether oxygens (including phenoxy) is 1. The lowest BCUT2D eigenvalue weighted by atomic mass is 9.64. The van der Waals surface area contributed by atoms with Crippen molar-refractivity contribution >= 4 is 23.7 Å². The Hall–Kier alpha value is -1.95. The Morgan fingerprint density at radius 3 is 2.50 bits per heavy atom. The number of carboxylic acids is 1. The van der Waals surface area contributed by atoms with Gasteiger partial charge in [0.1, 0.15) is 0 Å². The number of allylic oxidation sites excluding steroid dienone is 1. The lowest BCUT2D eigenvalue weighted by Gasteiger charge is -2.49. The molecule has 0 aromatic heterocycles. The van der Waals surface area contributed by atoms with Crippen molar-refractivity contribution in [3.63, 3.8) is 0 Å². The van der Waals surface area contributed by atoms with Gasteiger partial charge >= 0.3 is 5.97 Å². The zero-order valence-electron chi connectivity index (χ0n) is 15.7. The van der Waals surface area contributed by atoms with Crippen LogP contribution in [0.2, 0.25) is 0 Å². The largest absolute Gasteiger partial charge is 0.549 e. The van der Waals surface area contributed by atoms with Crippen LogP contribution < -0.4 is 10.4 Å². The third kappa shape index (κ3) is 3.90. The first-order chi connectivity index (χ1) is 12.3. The summed E-state index contributed by atoms with van der Waals surface area (Å²) in [5, 5.41) is 15.4. The first-order valence-corrected chi connectivity index (χ1v) is 9.86. The van der Waals surface area contributed by atoms with Crippen molar-refractivity contribution in [1.29, 1.82) is 0 Å². The maximum absolute atomic E-state index is 12.4. The van der Waals surface area contributed by atoms with Crippen LogP contribution in [-0.4, -0.2) is 30.3 Å². The molecule has 6 heteroatoms. The number of rotatable bonds is 7. The van der Waals surface area contributed by atoms with Crippen LogP contribution in [0.15, 0.2) is 46.5 Å². The highest BCUT2D eigenvalue weighted by Gasteiger charge is 2.49. The predicted molar refractivity (Wildman–Crippen MR) is 100 cm³/mol. The van der Waals surface area contributed by atoms with Crippen molar-refractivity contribution in [2.24, 2.45) is 11.3 Å². The van der Waals surface area contributed by atoms with Gasteiger partial charge in [0.05, 0.1) is 18.1 Å². The SMILES string of the molecule is CCOC(=O)C1=C(C)NC(C)C(CCSc2ccccc2)(C(=O)[O-])C1C. The molecule has 3 atom stereocenters. The van der Waals surface area contributed by atoms with Crippen molar-refractivity contribution in [3.8, 4) is 0 Å². The summed E-state index contributed by atoms with van der Waals surface area (Å²) in [5.41, 5.74) is -0.0986. The minimum Gasteiger partial charge on any atom is -0.549 e. The fourth-order valence-corrected chi connectivity index (χ4v) is 4.80. The zero-order chi connectivity index (χ0) is 19.3. The van der Waals surface area contributed by atoms with Gasteiger partial charge in [-0.25, -0.2) is 4.79 Å². The smallest absolute Gasteiger partial charge is 0.336 e. The molecule has 2 rings (SSSR count). The average molecular weight is 376 g/mol. The number of aliphatic carboxylic acids is 1. The number of esters is 1. The zero-order valence-corrected chi connectivity index (χ0v) is 16.5. The van der Waals surface area contributed by atoms with Gasteiger partial charge in [-0.05, 0) is 45.1 Å². The molecule has 0 saturated heterocycles. The summed E-state index contributed by atoms with van der Waals surface area (Å²) in [6.45, 7) is 7.40. The quantitative estimate of drug-likeness (QED) is 0.581. The van der Waals surface area contributed by atoms with Gasteiger partial charge in [0.15, 0.2) is 0 Å². The molecule has 0 bridgehead atoms. The summed E-state index contributed by atoms with van der Waals surface area (Å²) in [4.78, 5) is 25.7. The summed E-state index contributed by atoms with van der Waals surface area (Å²) in [6.07, 6.45) is 0.389. The molecule has 0 saturated carbocycles. The van der Waals surface area contributed by atoms with Crippen LogP contribution >= 0.6 is 11.8 Å². The van der Waals surface area contributed by atoms with Crippen LogP contribution in [0.25, 0.3) is 0 Å². The normalized spacial score (nSPS) is 25.5. The topological polar surface area (TPSA) is 78.5 Å². The lowest BCUT2D eigenvalue weighted by molar-refractivity contribution is -0.323. The van der Waals surface area contributed by atoms with E-state index in [2.05, 4.69) is 5.32 Å². The second-order valence-corrected chi connectivity index (χ2v) is 7.75. The molecule has 1 heterocycles. The maximum Gasteiger partial charge on any atom is 0.336 e. The first kappa shape index (κ1) is 20.4. The summed E-state index contributed by atoms with van der Waals surface area (Å²) in [6, 6.07) is 9.50. The highest BCUT2D eigenvalue weighted by atomic mass is 32.2. The van der Waals surface area contributed by atoms with Gasteiger partial charge in [-0.3, -0.25) is 0 Å². The third-order valence-electron chi connectivity index (χ3n) is 5.22. The predicted octanol–water partition coefficient (Wildman–Crippen LogP) is 2.37. The van der Waals surface area contributed by atoms with Crippen LogP contribution in [-0.2, 0) is 14.3 Å². The van der Waals surface area contributed by atoms with E-state index in [0.29, 0.717) is 23.4 Å². The summed E-state index contributed by atoms with van der Waals surface area (Å²) < 4.78 is 5.15.